The summed E-state index contributed by atoms with van der Waals surface area (Å²) in [6.45, 7) is 5.32. The fourth-order valence-electron chi connectivity index (χ4n) is 1.58. The van der Waals surface area contributed by atoms with Gasteiger partial charge in [-0.1, -0.05) is 23.7 Å². The normalized spacial score (nSPS) is 12.2. The van der Waals surface area contributed by atoms with E-state index in [-0.39, 0.29) is 11.9 Å². The van der Waals surface area contributed by atoms with Crippen molar-refractivity contribution in [3.05, 3.63) is 34.9 Å². The standard InChI is InChI=1S/C13H19ClN2O/c1-3-15-13(17)7-8-16-10(2)11-5-4-6-12(14)9-11/h4-6,9-10,16H,3,7-8H2,1-2H3,(H,15,17)/t10-/m1/s1. The highest BCUT2D eigenvalue weighted by molar-refractivity contribution is 6.30. The van der Waals surface area contributed by atoms with Gasteiger partial charge >= 0.3 is 0 Å². The molecule has 0 unspecified atom stereocenters. The van der Waals surface area contributed by atoms with E-state index in [2.05, 4.69) is 17.6 Å². The Labute approximate surface area is 108 Å². The molecule has 1 atom stereocenters. The lowest BCUT2D eigenvalue weighted by Gasteiger charge is -2.14. The second kappa shape index (κ2) is 7.30. The number of carbonyl (C=O) groups is 1. The molecular weight excluding hydrogens is 236 g/mol. The van der Waals surface area contributed by atoms with Gasteiger partial charge in [0.1, 0.15) is 0 Å². The quantitative estimate of drug-likeness (QED) is 0.819. The van der Waals surface area contributed by atoms with Crippen LogP contribution in [0.3, 0.4) is 0 Å². The van der Waals surface area contributed by atoms with Crippen LogP contribution in [0.5, 0.6) is 0 Å². The molecule has 0 heterocycles. The summed E-state index contributed by atoms with van der Waals surface area (Å²) in [4.78, 5) is 11.2. The zero-order valence-corrected chi connectivity index (χ0v) is 11.1. The number of benzene rings is 1. The average Bonchev–Trinajstić information content (AvgIpc) is 2.29. The molecule has 2 N–H and O–H groups in total. The van der Waals surface area contributed by atoms with E-state index in [1.54, 1.807) is 0 Å². The molecule has 0 spiro atoms. The fraction of sp³-hybridized carbons (Fsp3) is 0.462. The smallest absolute Gasteiger partial charge is 0.221 e. The highest BCUT2D eigenvalue weighted by Crippen LogP contribution is 2.16. The van der Waals surface area contributed by atoms with Gasteiger partial charge in [0.05, 0.1) is 0 Å². The summed E-state index contributed by atoms with van der Waals surface area (Å²) in [5.74, 6) is 0.0818. The van der Waals surface area contributed by atoms with Crippen LogP contribution >= 0.6 is 11.6 Å². The molecule has 1 aromatic rings. The summed E-state index contributed by atoms with van der Waals surface area (Å²) in [7, 11) is 0. The summed E-state index contributed by atoms with van der Waals surface area (Å²) in [5.41, 5.74) is 1.13. The zero-order valence-electron chi connectivity index (χ0n) is 10.3. The predicted molar refractivity (Wildman–Crippen MR) is 71.2 cm³/mol. The van der Waals surface area contributed by atoms with Crippen LogP contribution in [0.25, 0.3) is 0 Å². The number of amides is 1. The highest BCUT2D eigenvalue weighted by Gasteiger charge is 2.06. The Kier molecular flexibility index (Phi) is 6.01. The minimum absolute atomic E-state index is 0.0818. The topological polar surface area (TPSA) is 41.1 Å². The van der Waals surface area contributed by atoms with Gasteiger partial charge in [-0.2, -0.15) is 0 Å². The number of hydrogen-bond donors (Lipinski definition) is 2. The van der Waals surface area contributed by atoms with Crippen molar-refractivity contribution in [2.75, 3.05) is 13.1 Å². The number of hydrogen-bond acceptors (Lipinski definition) is 2. The van der Waals surface area contributed by atoms with E-state index in [4.69, 9.17) is 11.6 Å². The van der Waals surface area contributed by atoms with E-state index in [1.165, 1.54) is 0 Å². The van der Waals surface area contributed by atoms with Crippen LogP contribution in [0.4, 0.5) is 0 Å². The van der Waals surface area contributed by atoms with Crippen LogP contribution in [0.2, 0.25) is 5.02 Å². The van der Waals surface area contributed by atoms with Gasteiger partial charge < -0.3 is 10.6 Å². The molecule has 0 aliphatic carbocycles. The molecule has 1 aromatic carbocycles. The predicted octanol–water partition coefficient (Wildman–Crippen LogP) is 2.52. The molecule has 0 bridgehead atoms. The number of nitrogens with one attached hydrogen (secondary N) is 2. The lowest BCUT2D eigenvalue weighted by atomic mass is 10.1. The maximum absolute atomic E-state index is 11.2. The van der Waals surface area contributed by atoms with Crippen LogP contribution < -0.4 is 10.6 Å². The van der Waals surface area contributed by atoms with Crippen LogP contribution in [-0.4, -0.2) is 19.0 Å². The first-order chi connectivity index (χ1) is 8.13. The van der Waals surface area contributed by atoms with Gasteiger partial charge in [0.2, 0.25) is 5.91 Å². The molecule has 0 radical (unpaired) electrons. The van der Waals surface area contributed by atoms with Crippen molar-refractivity contribution in [1.29, 1.82) is 0 Å². The van der Waals surface area contributed by atoms with Crippen molar-refractivity contribution < 1.29 is 4.79 Å². The second-order valence-corrected chi connectivity index (χ2v) is 4.37. The first-order valence-corrected chi connectivity index (χ1v) is 6.26. The lowest BCUT2D eigenvalue weighted by molar-refractivity contribution is -0.120. The monoisotopic (exact) mass is 254 g/mol. The second-order valence-electron chi connectivity index (χ2n) is 3.93. The summed E-state index contributed by atoms with van der Waals surface area (Å²) in [6.07, 6.45) is 0.499. The molecule has 0 aliphatic heterocycles. The SMILES string of the molecule is CCNC(=O)CCN[C@H](C)c1cccc(Cl)c1. The molecule has 0 saturated carbocycles. The Bertz CT molecular complexity index is 368. The van der Waals surface area contributed by atoms with E-state index >= 15 is 0 Å². The van der Waals surface area contributed by atoms with E-state index in [1.807, 2.05) is 31.2 Å². The first kappa shape index (κ1) is 14.0. The zero-order chi connectivity index (χ0) is 12.7. The van der Waals surface area contributed by atoms with Crippen LogP contribution in [0, 0.1) is 0 Å². The molecule has 94 valence electrons. The average molecular weight is 255 g/mol. The molecule has 4 heteroatoms. The van der Waals surface area contributed by atoms with E-state index < -0.39 is 0 Å². The Morgan fingerprint density at radius 2 is 2.24 bits per heavy atom. The Morgan fingerprint density at radius 1 is 1.47 bits per heavy atom. The Balaban J connectivity index is 2.35. The summed E-state index contributed by atoms with van der Waals surface area (Å²) in [6, 6.07) is 7.94. The maximum atomic E-state index is 11.2. The minimum atomic E-state index is 0.0818. The van der Waals surface area contributed by atoms with Crippen molar-refractivity contribution >= 4 is 17.5 Å². The number of rotatable bonds is 6. The van der Waals surface area contributed by atoms with Gasteiger partial charge in [-0.3, -0.25) is 4.79 Å². The largest absolute Gasteiger partial charge is 0.356 e. The number of halogens is 1. The third-order valence-corrected chi connectivity index (χ3v) is 2.76. The molecule has 0 saturated heterocycles. The third kappa shape index (κ3) is 5.20. The molecular formula is C13H19ClN2O. The fourth-order valence-corrected chi connectivity index (χ4v) is 1.78. The van der Waals surface area contributed by atoms with E-state index in [0.29, 0.717) is 19.5 Å². The Morgan fingerprint density at radius 3 is 2.88 bits per heavy atom. The van der Waals surface area contributed by atoms with Gasteiger partial charge in [-0.05, 0) is 31.5 Å². The van der Waals surface area contributed by atoms with Gasteiger partial charge in [0.25, 0.3) is 0 Å². The van der Waals surface area contributed by atoms with Crippen molar-refractivity contribution in [2.24, 2.45) is 0 Å². The van der Waals surface area contributed by atoms with Crippen LogP contribution in [0.15, 0.2) is 24.3 Å². The Hall–Kier alpha value is -1.06. The van der Waals surface area contributed by atoms with Crippen molar-refractivity contribution in [3.63, 3.8) is 0 Å². The van der Waals surface area contributed by atoms with Gasteiger partial charge in [0, 0.05) is 30.6 Å². The lowest BCUT2D eigenvalue weighted by Crippen LogP contribution is -2.28. The van der Waals surface area contributed by atoms with Crippen molar-refractivity contribution in [1.82, 2.24) is 10.6 Å². The molecule has 3 nitrogen and oxygen atoms in total. The molecule has 0 aromatic heterocycles. The summed E-state index contributed by atoms with van der Waals surface area (Å²) < 4.78 is 0. The van der Waals surface area contributed by atoms with Crippen LogP contribution in [0.1, 0.15) is 31.9 Å². The van der Waals surface area contributed by atoms with Crippen molar-refractivity contribution in [3.8, 4) is 0 Å². The van der Waals surface area contributed by atoms with E-state index in [9.17, 15) is 4.79 Å². The van der Waals surface area contributed by atoms with Crippen molar-refractivity contribution in [2.45, 2.75) is 26.3 Å². The first-order valence-electron chi connectivity index (χ1n) is 5.89. The molecule has 0 fully saturated rings. The summed E-state index contributed by atoms with van der Waals surface area (Å²) in [5, 5.41) is 6.80. The van der Waals surface area contributed by atoms with Gasteiger partial charge in [0.15, 0.2) is 0 Å². The minimum Gasteiger partial charge on any atom is -0.356 e. The highest BCUT2D eigenvalue weighted by atomic mass is 35.5. The third-order valence-electron chi connectivity index (χ3n) is 2.53. The summed E-state index contributed by atoms with van der Waals surface area (Å²) >= 11 is 5.92. The van der Waals surface area contributed by atoms with Crippen LogP contribution in [-0.2, 0) is 4.79 Å². The molecule has 17 heavy (non-hydrogen) atoms. The van der Waals surface area contributed by atoms with Gasteiger partial charge in [-0.15, -0.1) is 0 Å². The molecule has 1 amide bonds. The maximum Gasteiger partial charge on any atom is 0.221 e. The number of carbonyl (C=O) groups excluding carboxylic acids is 1. The van der Waals surface area contributed by atoms with E-state index in [0.717, 1.165) is 10.6 Å². The van der Waals surface area contributed by atoms with Gasteiger partial charge in [-0.25, -0.2) is 0 Å². The molecule has 0 aliphatic rings. The molecule has 1 rings (SSSR count).